The van der Waals surface area contributed by atoms with Crippen molar-refractivity contribution in [1.82, 2.24) is 9.13 Å². The summed E-state index contributed by atoms with van der Waals surface area (Å²) in [6.45, 7) is 4.21. The number of rotatable bonds is 5. The highest BCUT2D eigenvalue weighted by Crippen LogP contribution is 2.42. The Bertz CT molecular complexity index is 3060. The largest absolute Gasteiger partial charge is 0.308 e. The summed E-state index contributed by atoms with van der Waals surface area (Å²) in [5.41, 5.74) is 12.9. The fourth-order valence-electron chi connectivity index (χ4n) is 8.56. The molecule has 0 saturated heterocycles. The highest BCUT2D eigenvalue weighted by molar-refractivity contribution is 6.12. The molecule has 10 aromatic rings. The molecule has 8 aromatic carbocycles. The molecule has 56 heavy (non-hydrogen) atoms. The van der Waals surface area contributed by atoms with Crippen LogP contribution in [-0.4, -0.2) is 9.13 Å². The zero-order chi connectivity index (χ0) is 38.1. The average molecular weight is 726 g/mol. The zero-order valence-electron chi connectivity index (χ0n) is 30.7. The van der Waals surface area contributed by atoms with E-state index >= 15 is 8.78 Å². The molecule has 0 N–H and O–H groups in total. The molecule has 0 spiro atoms. The summed E-state index contributed by atoms with van der Waals surface area (Å²) in [6, 6.07) is 55.9. The number of fused-ring (bicyclic) bond motifs is 6. The lowest BCUT2D eigenvalue weighted by Crippen LogP contribution is -2.05. The Morgan fingerprint density at radius 2 is 0.821 bits per heavy atom. The Kier molecular flexibility index (Phi) is 7.69. The van der Waals surface area contributed by atoms with Crippen molar-refractivity contribution in [2.24, 2.45) is 0 Å². The van der Waals surface area contributed by atoms with E-state index in [1.807, 2.05) is 60.7 Å². The van der Waals surface area contributed by atoms with Crippen molar-refractivity contribution in [3.8, 4) is 50.8 Å². The molecule has 0 fully saturated rings. The number of aryl methyl sites for hydroxylation is 2. The van der Waals surface area contributed by atoms with E-state index in [1.54, 1.807) is 0 Å². The minimum Gasteiger partial charge on any atom is -0.308 e. The van der Waals surface area contributed by atoms with Gasteiger partial charge in [0.2, 0.25) is 0 Å². The SMILES string of the molecule is Cc1ccccc1-c1ccc2c3ccccc3n(-c3cc(-c4cc(F)cc(F)c4)cc(-n4c5ccccc5c5ccc(-c6ccccc6C)cc54)c3C#N)c2c1. The topological polar surface area (TPSA) is 33.6 Å². The summed E-state index contributed by atoms with van der Waals surface area (Å²) in [5, 5.41) is 15.5. The van der Waals surface area contributed by atoms with E-state index in [0.29, 0.717) is 28.1 Å². The lowest BCUT2D eigenvalue weighted by molar-refractivity contribution is 0.584. The van der Waals surface area contributed by atoms with Crippen molar-refractivity contribution in [2.75, 3.05) is 0 Å². The molecule has 0 aliphatic rings. The third kappa shape index (κ3) is 5.22. The molecule has 0 radical (unpaired) electrons. The molecule has 0 saturated carbocycles. The Hall–Kier alpha value is -7.29. The number of aromatic nitrogens is 2. The minimum atomic E-state index is -0.674. The van der Waals surface area contributed by atoms with Crippen molar-refractivity contribution in [2.45, 2.75) is 13.8 Å². The maximum Gasteiger partial charge on any atom is 0.126 e. The van der Waals surface area contributed by atoms with Crippen molar-refractivity contribution < 1.29 is 8.78 Å². The molecule has 3 nitrogen and oxygen atoms in total. The first kappa shape index (κ1) is 33.3. The van der Waals surface area contributed by atoms with Gasteiger partial charge in [0.15, 0.2) is 0 Å². The highest BCUT2D eigenvalue weighted by Gasteiger charge is 2.23. The molecule has 0 aliphatic heterocycles. The van der Waals surface area contributed by atoms with Gasteiger partial charge < -0.3 is 9.13 Å². The maximum atomic E-state index is 15.0. The van der Waals surface area contributed by atoms with E-state index in [4.69, 9.17) is 0 Å². The number of halogens is 2. The van der Waals surface area contributed by atoms with Crippen LogP contribution in [-0.2, 0) is 0 Å². The van der Waals surface area contributed by atoms with Crippen molar-refractivity contribution in [3.63, 3.8) is 0 Å². The van der Waals surface area contributed by atoms with Crippen LogP contribution in [0.3, 0.4) is 0 Å². The number of benzene rings is 8. The molecule has 0 aliphatic carbocycles. The smallest absolute Gasteiger partial charge is 0.126 e. The third-order valence-electron chi connectivity index (χ3n) is 11.1. The predicted molar refractivity (Wildman–Crippen MR) is 226 cm³/mol. The molecule has 2 heterocycles. The van der Waals surface area contributed by atoms with Gasteiger partial charge in [-0.15, -0.1) is 0 Å². The zero-order valence-corrected chi connectivity index (χ0v) is 30.7. The molecule has 0 unspecified atom stereocenters. The van der Waals surface area contributed by atoms with Gasteiger partial charge in [0.05, 0.1) is 33.4 Å². The van der Waals surface area contributed by atoms with Gasteiger partial charge >= 0.3 is 0 Å². The quantitative estimate of drug-likeness (QED) is 0.174. The number of nitrogens with zero attached hydrogens (tertiary/aromatic N) is 3. The van der Waals surface area contributed by atoms with E-state index in [-0.39, 0.29) is 0 Å². The highest BCUT2D eigenvalue weighted by atomic mass is 19.1. The number of nitriles is 1. The molecular weight excluding hydrogens is 693 g/mol. The summed E-state index contributed by atoms with van der Waals surface area (Å²) in [6.07, 6.45) is 0. The fraction of sp³-hybridized carbons (Fsp3) is 0.0392. The summed E-state index contributed by atoms with van der Waals surface area (Å²) < 4.78 is 34.3. The Morgan fingerprint density at radius 1 is 0.411 bits per heavy atom. The fourth-order valence-corrected chi connectivity index (χ4v) is 8.56. The second kappa shape index (κ2) is 12.9. The molecule has 0 bridgehead atoms. The first-order valence-electron chi connectivity index (χ1n) is 18.6. The Balaban J connectivity index is 1.36. The van der Waals surface area contributed by atoms with Crippen molar-refractivity contribution in [1.29, 1.82) is 5.26 Å². The summed E-state index contributed by atoms with van der Waals surface area (Å²) >= 11 is 0. The van der Waals surface area contributed by atoms with Gasteiger partial charge in [-0.05, 0) is 107 Å². The van der Waals surface area contributed by atoms with Crippen LogP contribution < -0.4 is 0 Å². The standard InChI is InChI=1S/C51H33F2N3/c1-31-11-3-5-13-39(31)33-19-21-43-41-15-7-9-17-46(41)55(48(43)25-33)50-27-36(35-23-37(52)29-38(53)24-35)28-51(45(50)30-54)56-47-18-10-8-16-42(47)44-22-20-34(26-49(44)56)40-14-6-4-12-32(40)2/h3-29H,1-2H3. The van der Waals surface area contributed by atoms with Crippen molar-refractivity contribution >= 4 is 43.6 Å². The predicted octanol–water partition coefficient (Wildman–Crippen LogP) is 13.6. The van der Waals surface area contributed by atoms with Crippen LogP contribution >= 0.6 is 0 Å². The number of para-hydroxylation sites is 2. The average Bonchev–Trinajstić information content (AvgIpc) is 3.72. The van der Waals surface area contributed by atoms with Crippen LogP contribution in [0, 0.1) is 36.8 Å². The molecular formula is C51H33F2N3. The summed E-state index contributed by atoms with van der Waals surface area (Å²) in [7, 11) is 0. The van der Waals surface area contributed by atoms with Crippen LogP contribution in [0.2, 0.25) is 0 Å². The van der Waals surface area contributed by atoms with Gasteiger partial charge in [-0.2, -0.15) is 5.26 Å². The van der Waals surface area contributed by atoms with Crippen LogP contribution in [0.25, 0.3) is 88.4 Å². The lowest BCUT2D eigenvalue weighted by Gasteiger charge is -2.19. The first-order chi connectivity index (χ1) is 27.4. The van der Waals surface area contributed by atoms with Crippen LogP contribution in [0.1, 0.15) is 16.7 Å². The summed E-state index contributed by atoms with van der Waals surface area (Å²) in [5.74, 6) is -1.35. The second-order valence-corrected chi connectivity index (χ2v) is 14.5. The molecule has 0 atom stereocenters. The third-order valence-corrected chi connectivity index (χ3v) is 11.1. The monoisotopic (exact) mass is 725 g/mol. The molecule has 2 aromatic heterocycles. The van der Waals surface area contributed by atoms with E-state index < -0.39 is 11.6 Å². The molecule has 5 heteroatoms. The van der Waals surface area contributed by atoms with Crippen LogP contribution in [0.15, 0.2) is 164 Å². The van der Waals surface area contributed by atoms with Crippen LogP contribution in [0.4, 0.5) is 8.78 Å². The normalized spacial score (nSPS) is 11.6. The van der Waals surface area contributed by atoms with Gasteiger partial charge in [0, 0.05) is 27.6 Å². The lowest BCUT2D eigenvalue weighted by atomic mass is 9.98. The number of hydrogen-bond acceptors (Lipinski definition) is 1. The maximum absolute atomic E-state index is 15.0. The number of hydrogen-bond donors (Lipinski definition) is 0. The first-order valence-corrected chi connectivity index (χ1v) is 18.6. The van der Waals surface area contributed by atoms with Crippen molar-refractivity contribution in [3.05, 3.63) is 192 Å². The van der Waals surface area contributed by atoms with Gasteiger partial charge in [0.1, 0.15) is 23.3 Å². The molecule has 266 valence electrons. The van der Waals surface area contributed by atoms with E-state index in [2.05, 4.69) is 114 Å². The van der Waals surface area contributed by atoms with Gasteiger partial charge in [-0.3, -0.25) is 0 Å². The van der Waals surface area contributed by atoms with Gasteiger partial charge in [-0.1, -0.05) is 109 Å². The Labute approximate surface area is 322 Å². The van der Waals surface area contributed by atoms with Gasteiger partial charge in [-0.25, -0.2) is 8.78 Å². The van der Waals surface area contributed by atoms with Crippen LogP contribution in [0.5, 0.6) is 0 Å². The van der Waals surface area contributed by atoms with E-state index in [1.165, 1.54) is 12.1 Å². The summed E-state index contributed by atoms with van der Waals surface area (Å²) in [4.78, 5) is 0. The van der Waals surface area contributed by atoms with E-state index in [0.717, 1.165) is 83.1 Å². The Morgan fingerprint density at radius 3 is 1.29 bits per heavy atom. The van der Waals surface area contributed by atoms with E-state index in [9.17, 15) is 5.26 Å². The second-order valence-electron chi connectivity index (χ2n) is 14.5. The van der Waals surface area contributed by atoms with Gasteiger partial charge in [0.25, 0.3) is 0 Å². The molecule has 10 rings (SSSR count). The minimum absolute atomic E-state index is 0.372. The molecule has 0 amide bonds.